The maximum atomic E-state index is 11.7. The van der Waals surface area contributed by atoms with Crippen molar-refractivity contribution >= 4 is 11.6 Å². The number of primary amides is 1. The third kappa shape index (κ3) is 2.63. The third-order valence-electron chi connectivity index (χ3n) is 3.38. The fourth-order valence-corrected chi connectivity index (χ4v) is 2.21. The molecule has 0 saturated carbocycles. The van der Waals surface area contributed by atoms with Gasteiger partial charge in [0.1, 0.15) is 0 Å². The fraction of sp³-hybridized carbons (Fsp3) is 0.188. The number of amides is 1. The SMILES string of the molecule is COc1ccc(C(N)=O)c(-c2ccc(C)c(N)c2)c1OC. The van der Waals surface area contributed by atoms with E-state index in [1.54, 1.807) is 18.2 Å². The van der Waals surface area contributed by atoms with Gasteiger partial charge in [0.15, 0.2) is 11.5 Å². The quantitative estimate of drug-likeness (QED) is 0.845. The minimum absolute atomic E-state index is 0.357. The van der Waals surface area contributed by atoms with E-state index < -0.39 is 5.91 Å². The first-order chi connectivity index (χ1) is 9.99. The van der Waals surface area contributed by atoms with E-state index in [-0.39, 0.29) is 0 Å². The van der Waals surface area contributed by atoms with E-state index >= 15 is 0 Å². The van der Waals surface area contributed by atoms with Gasteiger partial charge in [0, 0.05) is 11.3 Å². The monoisotopic (exact) mass is 286 g/mol. The maximum absolute atomic E-state index is 11.7. The van der Waals surface area contributed by atoms with Gasteiger partial charge in [-0.15, -0.1) is 0 Å². The minimum Gasteiger partial charge on any atom is -0.493 e. The van der Waals surface area contributed by atoms with Gasteiger partial charge in [-0.25, -0.2) is 0 Å². The highest BCUT2D eigenvalue weighted by Crippen LogP contribution is 2.41. The fourth-order valence-electron chi connectivity index (χ4n) is 2.21. The van der Waals surface area contributed by atoms with E-state index in [0.29, 0.717) is 28.3 Å². The Kier molecular flexibility index (Phi) is 4.03. The van der Waals surface area contributed by atoms with Crippen molar-refractivity contribution in [1.82, 2.24) is 0 Å². The molecule has 5 heteroatoms. The number of carbonyl (C=O) groups is 1. The number of nitrogens with two attached hydrogens (primary N) is 2. The summed E-state index contributed by atoms with van der Waals surface area (Å²) in [5.41, 5.74) is 14.7. The predicted molar refractivity (Wildman–Crippen MR) is 82.6 cm³/mol. The average molecular weight is 286 g/mol. The second kappa shape index (κ2) is 5.75. The molecule has 0 unspecified atom stereocenters. The largest absolute Gasteiger partial charge is 0.493 e. The lowest BCUT2D eigenvalue weighted by atomic mass is 9.96. The van der Waals surface area contributed by atoms with Crippen LogP contribution in [0, 0.1) is 6.92 Å². The number of anilines is 1. The van der Waals surface area contributed by atoms with Crippen LogP contribution in [0.15, 0.2) is 30.3 Å². The molecule has 0 spiro atoms. The molecule has 2 aromatic rings. The van der Waals surface area contributed by atoms with Gasteiger partial charge < -0.3 is 20.9 Å². The van der Waals surface area contributed by atoms with Crippen LogP contribution in [-0.2, 0) is 0 Å². The van der Waals surface area contributed by atoms with Crippen LogP contribution < -0.4 is 20.9 Å². The average Bonchev–Trinajstić information content (AvgIpc) is 2.48. The Bertz CT molecular complexity index is 696. The highest BCUT2D eigenvalue weighted by Gasteiger charge is 2.20. The summed E-state index contributed by atoms with van der Waals surface area (Å²) in [6.07, 6.45) is 0. The van der Waals surface area contributed by atoms with Crippen molar-refractivity contribution in [3.63, 3.8) is 0 Å². The molecule has 0 heterocycles. The number of rotatable bonds is 4. The van der Waals surface area contributed by atoms with Crippen LogP contribution in [-0.4, -0.2) is 20.1 Å². The Balaban J connectivity index is 2.79. The molecule has 110 valence electrons. The molecule has 0 bridgehead atoms. The van der Waals surface area contributed by atoms with Crippen molar-refractivity contribution in [2.75, 3.05) is 20.0 Å². The van der Waals surface area contributed by atoms with Crippen molar-refractivity contribution in [2.24, 2.45) is 5.73 Å². The summed E-state index contributed by atoms with van der Waals surface area (Å²) in [5.74, 6) is 0.443. The van der Waals surface area contributed by atoms with Crippen LogP contribution in [0.1, 0.15) is 15.9 Å². The van der Waals surface area contributed by atoms with Gasteiger partial charge in [0.05, 0.1) is 19.8 Å². The Labute approximate surface area is 123 Å². The molecule has 0 aliphatic rings. The van der Waals surface area contributed by atoms with Crippen LogP contribution in [0.25, 0.3) is 11.1 Å². The van der Waals surface area contributed by atoms with E-state index in [2.05, 4.69) is 0 Å². The molecule has 0 aliphatic carbocycles. The highest BCUT2D eigenvalue weighted by molar-refractivity contribution is 6.02. The number of nitrogen functional groups attached to an aromatic ring is 1. The van der Waals surface area contributed by atoms with Crippen molar-refractivity contribution in [1.29, 1.82) is 0 Å². The lowest BCUT2D eigenvalue weighted by Gasteiger charge is -2.16. The molecule has 21 heavy (non-hydrogen) atoms. The van der Waals surface area contributed by atoms with Gasteiger partial charge in [0.25, 0.3) is 0 Å². The first kappa shape index (κ1) is 14.7. The zero-order valence-corrected chi connectivity index (χ0v) is 12.3. The second-order valence-corrected chi connectivity index (χ2v) is 4.66. The normalized spacial score (nSPS) is 10.2. The molecule has 0 radical (unpaired) electrons. The zero-order valence-electron chi connectivity index (χ0n) is 12.3. The molecule has 2 rings (SSSR count). The summed E-state index contributed by atoms with van der Waals surface area (Å²) in [4.78, 5) is 11.7. The summed E-state index contributed by atoms with van der Waals surface area (Å²) in [6.45, 7) is 1.91. The van der Waals surface area contributed by atoms with E-state index in [4.69, 9.17) is 20.9 Å². The summed E-state index contributed by atoms with van der Waals surface area (Å²) in [5, 5.41) is 0. The van der Waals surface area contributed by atoms with E-state index in [9.17, 15) is 4.79 Å². The molecule has 0 aliphatic heterocycles. The Hall–Kier alpha value is -2.69. The maximum Gasteiger partial charge on any atom is 0.249 e. The first-order valence-corrected chi connectivity index (χ1v) is 6.40. The van der Waals surface area contributed by atoms with E-state index in [1.165, 1.54) is 14.2 Å². The number of ether oxygens (including phenoxy) is 2. The Morgan fingerprint density at radius 3 is 2.33 bits per heavy atom. The standard InChI is InChI=1S/C16H18N2O3/c1-9-4-5-10(8-12(9)17)14-11(16(18)19)6-7-13(20-2)15(14)21-3/h4-8H,17H2,1-3H3,(H2,18,19). The molecular weight excluding hydrogens is 268 g/mol. The van der Waals surface area contributed by atoms with Gasteiger partial charge in [-0.2, -0.15) is 0 Å². The molecule has 0 saturated heterocycles. The van der Waals surface area contributed by atoms with Gasteiger partial charge in [0.2, 0.25) is 5.91 Å². The Morgan fingerprint density at radius 1 is 1.10 bits per heavy atom. The lowest BCUT2D eigenvalue weighted by molar-refractivity contribution is 0.100. The number of carbonyl (C=O) groups excluding carboxylic acids is 1. The van der Waals surface area contributed by atoms with Gasteiger partial charge in [-0.05, 0) is 36.2 Å². The van der Waals surface area contributed by atoms with E-state index in [1.807, 2.05) is 19.1 Å². The van der Waals surface area contributed by atoms with Crippen LogP contribution in [0.2, 0.25) is 0 Å². The van der Waals surface area contributed by atoms with Crippen molar-refractivity contribution in [2.45, 2.75) is 6.92 Å². The summed E-state index contributed by atoms with van der Waals surface area (Å²) in [7, 11) is 3.05. The van der Waals surface area contributed by atoms with Crippen molar-refractivity contribution in [3.05, 3.63) is 41.5 Å². The molecule has 5 nitrogen and oxygen atoms in total. The highest BCUT2D eigenvalue weighted by atomic mass is 16.5. The van der Waals surface area contributed by atoms with Gasteiger partial charge in [-0.3, -0.25) is 4.79 Å². The molecular formula is C16H18N2O3. The number of methoxy groups -OCH3 is 2. The Morgan fingerprint density at radius 2 is 1.81 bits per heavy atom. The van der Waals surface area contributed by atoms with E-state index in [0.717, 1.165) is 11.1 Å². The van der Waals surface area contributed by atoms with Gasteiger partial charge >= 0.3 is 0 Å². The molecule has 0 fully saturated rings. The molecule has 0 atom stereocenters. The lowest BCUT2D eigenvalue weighted by Crippen LogP contribution is -2.13. The smallest absolute Gasteiger partial charge is 0.249 e. The third-order valence-corrected chi connectivity index (χ3v) is 3.38. The number of aryl methyl sites for hydroxylation is 1. The zero-order chi connectivity index (χ0) is 15.6. The first-order valence-electron chi connectivity index (χ1n) is 6.40. The minimum atomic E-state index is -0.537. The summed E-state index contributed by atoms with van der Waals surface area (Å²) < 4.78 is 10.7. The number of benzene rings is 2. The molecule has 2 aromatic carbocycles. The number of hydrogen-bond donors (Lipinski definition) is 2. The summed E-state index contributed by atoms with van der Waals surface area (Å²) >= 11 is 0. The predicted octanol–water partition coefficient (Wildman–Crippen LogP) is 2.36. The topological polar surface area (TPSA) is 87.6 Å². The van der Waals surface area contributed by atoms with Crippen molar-refractivity contribution in [3.8, 4) is 22.6 Å². The van der Waals surface area contributed by atoms with Crippen molar-refractivity contribution < 1.29 is 14.3 Å². The van der Waals surface area contributed by atoms with Gasteiger partial charge in [-0.1, -0.05) is 12.1 Å². The van der Waals surface area contributed by atoms with Crippen LogP contribution in [0.4, 0.5) is 5.69 Å². The molecule has 4 N–H and O–H groups in total. The second-order valence-electron chi connectivity index (χ2n) is 4.66. The number of hydrogen-bond acceptors (Lipinski definition) is 4. The molecule has 0 aromatic heterocycles. The summed E-state index contributed by atoms with van der Waals surface area (Å²) in [6, 6.07) is 8.82. The molecule has 1 amide bonds. The van der Waals surface area contributed by atoms with Crippen LogP contribution >= 0.6 is 0 Å². The van der Waals surface area contributed by atoms with Crippen LogP contribution in [0.3, 0.4) is 0 Å². The van der Waals surface area contributed by atoms with Crippen LogP contribution in [0.5, 0.6) is 11.5 Å².